The SMILES string of the molecule is CC(N)c1ccc(-n2cnc3c(N)ncnc32)cc1. The lowest BCUT2D eigenvalue weighted by molar-refractivity contribution is 0.817. The van der Waals surface area contributed by atoms with E-state index < -0.39 is 0 Å². The van der Waals surface area contributed by atoms with E-state index in [4.69, 9.17) is 11.5 Å². The van der Waals surface area contributed by atoms with Crippen LogP contribution < -0.4 is 11.5 Å². The zero-order valence-corrected chi connectivity index (χ0v) is 10.5. The highest BCUT2D eigenvalue weighted by Gasteiger charge is 2.09. The van der Waals surface area contributed by atoms with Gasteiger partial charge in [-0.1, -0.05) is 12.1 Å². The Kier molecular flexibility index (Phi) is 2.64. The molecule has 0 radical (unpaired) electrons. The van der Waals surface area contributed by atoms with Gasteiger partial charge in [-0.25, -0.2) is 15.0 Å². The molecule has 1 atom stereocenters. The minimum Gasteiger partial charge on any atom is -0.382 e. The van der Waals surface area contributed by atoms with Gasteiger partial charge in [0.05, 0.1) is 0 Å². The average Bonchev–Trinajstić information content (AvgIpc) is 2.84. The van der Waals surface area contributed by atoms with Gasteiger partial charge in [-0.2, -0.15) is 0 Å². The zero-order chi connectivity index (χ0) is 13.4. The summed E-state index contributed by atoms with van der Waals surface area (Å²) in [6.07, 6.45) is 3.13. The van der Waals surface area contributed by atoms with Crippen molar-refractivity contribution in [1.82, 2.24) is 19.5 Å². The van der Waals surface area contributed by atoms with E-state index in [0.717, 1.165) is 11.3 Å². The van der Waals surface area contributed by atoms with E-state index in [9.17, 15) is 0 Å². The normalized spacial score (nSPS) is 12.7. The molecule has 3 rings (SSSR count). The number of nitrogens with two attached hydrogens (primary N) is 2. The van der Waals surface area contributed by atoms with Crippen molar-refractivity contribution in [3.05, 3.63) is 42.5 Å². The van der Waals surface area contributed by atoms with Crippen molar-refractivity contribution in [2.75, 3.05) is 5.73 Å². The van der Waals surface area contributed by atoms with E-state index in [0.29, 0.717) is 17.0 Å². The summed E-state index contributed by atoms with van der Waals surface area (Å²) in [5.41, 5.74) is 15.0. The monoisotopic (exact) mass is 254 g/mol. The lowest BCUT2D eigenvalue weighted by atomic mass is 10.1. The fraction of sp³-hybridized carbons (Fsp3) is 0.154. The topological polar surface area (TPSA) is 95.6 Å². The van der Waals surface area contributed by atoms with Crippen LogP contribution in [0.25, 0.3) is 16.9 Å². The van der Waals surface area contributed by atoms with Crippen LogP contribution in [0.1, 0.15) is 18.5 Å². The third kappa shape index (κ3) is 1.92. The van der Waals surface area contributed by atoms with Crippen LogP contribution in [0.15, 0.2) is 36.9 Å². The van der Waals surface area contributed by atoms with Gasteiger partial charge in [0.2, 0.25) is 0 Å². The van der Waals surface area contributed by atoms with Gasteiger partial charge in [-0.15, -0.1) is 0 Å². The Balaban J connectivity index is 2.11. The van der Waals surface area contributed by atoms with Gasteiger partial charge in [-0.3, -0.25) is 4.57 Å². The molecule has 0 spiro atoms. The minimum atomic E-state index is 0.0200. The fourth-order valence-corrected chi connectivity index (χ4v) is 1.98. The molecule has 2 aromatic heterocycles. The molecule has 0 aliphatic carbocycles. The molecule has 19 heavy (non-hydrogen) atoms. The number of aromatic nitrogens is 4. The highest BCUT2D eigenvalue weighted by atomic mass is 15.1. The molecule has 4 N–H and O–H groups in total. The molecule has 0 saturated heterocycles. The number of fused-ring (bicyclic) bond motifs is 1. The van der Waals surface area contributed by atoms with E-state index in [1.807, 2.05) is 35.8 Å². The third-order valence-corrected chi connectivity index (χ3v) is 3.06. The van der Waals surface area contributed by atoms with Crippen molar-refractivity contribution in [1.29, 1.82) is 0 Å². The van der Waals surface area contributed by atoms with Crippen LogP contribution in [-0.2, 0) is 0 Å². The average molecular weight is 254 g/mol. The third-order valence-electron chi connectivity index (χ3n) is 3.06. The lowest BCUT2D eigenvalue weighted by Gasteiger charge is -2.08. The highest BCUT2D eigenvalue weighted by molar-refractivity contribution is 5.82. The number of benzene rings is 1. The minimum absolute atomic E-state index is 0.0200. The van der Waals surface area contributed by atoms with Gasteiger partial charge in [0.15, 0.2) is 17.0 Å². The summed E-state index contributed by atoms with van der Waals surface area (Å²) in [6, 6.07) is 7.98. The number of nitrogens with zero attached hydrogens (tertiary/aromatic N) is 4. The van der Waals surface area contributed by atoms with E-state index >= 15 is 0 Å². The zero-order valence-electron chi connectivity index (χ0n) is 10.5. The number of imidazole rings is 1. The van der Waals surface area contributed by atoms with Crippen molar-refractivity contribution in [3.63, 3.8) is 0 Å². The Bertz CT molecular complexity index is 714. The Labute approximate surface area is 110 Å². The number of nitrogen functional groups attached to an aromatic ring is 1. The second-order valence-corrected chi connectivity index (χ2v) is 4.43. The van der Waals surface area contributed by atoms with Crippen LogP contribution in [0, 0.1) is 0 Å². The predicted octanol–water partition coefficient (Wildman–Crippen LogP) is 1.42. The Hall–Kier alpha value is -2.47. The molecule has 1 unspecified atom stereocenters. The predicted molar refractivity (Wildman–Crippen MR) is 73.7 cm³/mol. The number of rotatable bonds is 2. The maximum atomic E-state index is 5.84. The van der Waals surface area contributed by atoms with Crippen LogP contribution in [0.2, 0.25) is 0 Å². The Morgan fingerprint density at radius 2 is 1.84 bits per heavy atom. The molecule has 0 bridgehead atoms. The van der Waals surface area contributed by atoms with E-state index in [1.165, 1.54) is 6.33 Å². The van der Waals surface area contributed by atoms with Crippen molar-refractivity contribution < 1.29 is 0 Å². The largest absolute Gasteiger partial charge is 0.382 e. The molecule has 3 aromatic rings. The molecule has 0 fully saturated rings. The molecular weight excluding hydrogens is 240 g/mol. The van der Waals surface area contributed by atoms with Crippen molar-refractivity contribution in [2.45, 2.75) is 13.0 Å². The smallest absolute Gasteiger partial charge is 0.170 e. The molecule has 96 valence electrons. The first-order valence-corrected chi connectivity index (χ1v) is 5.96. The van der Waals surface area contributed by atoms with Crippen LogP contribution in [-0.4, -0.2) is 19.5 Å². The maximum Gasteiger partial charge on any atom is 0.170 e. The first-order valence-electron chi connectivity index (χ1n) is 5.96. The summed E-state index contributed by atoms with van der Waals surface area (Å²) in [6.45, 7) is 1.95. The Morgan fingerprint density at radius 3 is 2.53 bits per heavy atom. The first-order chi connectivity index (χ1) is 9.16. The van der Waals surface area contributed by atoms with Gasteiger partial charge in [-0.05, 0) is 24.6 Å². The summed E-state index contributed by atoms with van der Waals surface area (Å²) < 4.78 is 1.87. The summed E-state index contributed by atoms with van der Waals surface area (Å²) in [7, 11) is 0. The number of hydrogen-bond acceptors (Lipinski definition) is 5. The van der Waals surface area contributed by atoms with Crippen LogP contribution in [0.3, 0.4) is 0 Å². The lowest BCUT2D eigenvalue weighted by Crippen LogP contribution is -2.05. The molecule has 0 amide bonds. The van der Waals surface area contributed by atoms with Crippen LogP contribution >= 0.6 is 0 Å². The van der Waals surface area contributed by atoms with Gasteiger partial charge < -0.3 is 11.5 Å². The van der Waals surface area contributed by atoms with Gasteiger partial charge in [0.25, 0.3) is 0 Å². The summed E-state index contributed by atoms with van der Waals surface area (Å²) in [4.78, 5) is 12.4. The molecule has 0 aliphatic rings. The quantitative estimate of drug-likeness (QED) is 0.721. The molecule has 1 aromatic carbocycles. The summed E-state index contributed by atoms with van der Waals surface area (Å²) >= 11 is 0. The fourth-order valence-electron chi connectivity index (χ4n) is 1.98. The number of hydrogen-bond donors (Lipinski definition) is 2. The second-order valence-electron chi connectivity index (χ2n) is 4.43. The van der Waals surface area contributed by atoms with Gasteiger partial charge in [0, 0.05) is 11.7 Å². The van der Waals surface area contributed by atoms with Crippen LogP contribution in [0.5, 0.6) is 0 Å². The first kappa shape index (κ1) is 11.6. The second kappa shape index (κ2) is 4.33. The highest BCUT2D eigenvalue weighted by Crippen LogP contribution is 2.20. The summed E-state index contributed by atoms with van der Waals surface area (Å²) in [5.74, 6) is 0.385. The molecular formula is C13H14N6. The maximum absolute atomic E-state index is 5.84. The van der Waals surface area contributed by atoms with Crippen molar-refractivity contribution >= 4 is 17.0 Å². The van der Waals surface area contributed by atoms with E-state index in [-0.39, 0.29) is 6.04 Å². The van der Waals surface area contributed by atoms with E-state index in [2.05, 4.69) is 15.0 Å². The van der Waals surface area contributed by atoms with Gasteiger partial charge >= 0.3 is 0 Å². The molecule has 6 heteroatoms. The standard InChI is InChI=1S/C13H14N6/c1-8(14)9-2-4-10(5-3-9)19-7-18-11-12(15)16-6-17-13(11)19/h2-8H,14H2,1H3,(H2,15,16,17). The Morgan fingerprint density at radius 1 is 1.11 bits per heavy atom. The van der Waals surface area contributed by atoms with Crippen molar-refractivity contribution in [2.24, 2.45) is 5.73 Å². The molecule has 6 nitrogen and oxygen atoms in total. The van der Waals surface area contributed by atoms with Crippen molar-refractivity contribution in [3.8, 4) is 5.69 Å². The van der Waals surface area contributed by atoms with E-state index in [1.54, 1.807) is 6.33 Å². The van der Waals surface area contributed by atoms with Crippen LogP contribution in [0.4, 0.5) is 5.82 Å². The van der Waals surface area contributed by atoms with Gasteiger partial charge in [0.1, 0.15) is 12.7 Å². The molecule has 0 saturated carbocycles. The number of anilines is 1. The molecule has 0 aliphatic heterocycles. The molecule has 2 heterocycles. The summed E-state index contributed by atoms with van der Waals surface area (Å²) in [5, 5.41) is 0.